The molecule has 82 valence electrons. The van der Waals surface area contributed by atoms with Gasteiger partial charge in [0.25, 0.3) is 0 Å². The molecule has 0 amide bonds. The van der Waals surface area contributed by atoms with Gasteiger partial charge in [0.2, 0.25) is 0 Å². The number of hydrogen-bond acceptors (Lipinski definition) is 2. The minimum atomic E-state index is 0.175. The molecule has 0 fully saturated rings. The maximum absolute atomic E-state index is 11.5. The Morgan fingerprint density at radius 3 is 2.50 bits per heavy atom. The normalized spacial score (nSPS) is 10.4. The molecule has 0 bridgehead atoms. The second-order valence-corrected chi connectivity index (χ2v) is 3.67. The number of ketones is 1. The summed E-state index contributed by atoms with van der Waals surface area (Å²) in [7, 11) is 0. The van der Waals surface area contributed by atoms with Gasteiger partial charge in [-0.15, -0.1) is 0 Å². The zero-order valence-electron chi connectivity index (χ0n) is 9.47. The van der Waals surface area contributed by atoms with Crippen LogP contribution in [-0.4, -0.2) is 15.3 Å². The summed E-state index contributed by atoms with van der Waals surface area (Å²) in [4.78, 5) is 15.6. The molecule has 0 unspecified atom stereocenters. The first kappa shape index (κ1) is 10.6. The van der Waals surface area contributed by atoms with Crippen LogP contribution < -0.4 is 0 Å². The number of rotatable bonds is 3. The fourth-order valence-electron chi connectivity index (χ4n) is 1.66. The Bertz CT molecular complexity index is 497. The zero-order chi connectivity index (χ0) is 11.5. The van der Waals surface area contributed by atoms with Gasteiger partial charge in [-0.3, -0.25) is 4.79 Å². The van der Waals surface area contributed by atoms with E-state index in [9.17, 15) is 4.79 Å². The van der Waals surface area contributed by atoms with E-state index in [0.29, 0.717) is 6.42 Å². The average molecular weight is 214 g/mol. The second kappa shape index (κ2) is 4.31. The molecule has 0 spiro atoms. The fraction of sp³-hybridized carbons (Fsp3) is 0.231. The van der Waals surface area contributed by atoms with Crippen molar-refractivity contribution in [3.8, 4) is 5.69 Å². The molecule has 2 aromatic rings. The number of hydrogen-bond donors (Lipinski definition) is 0. The maximum atomic E-state index is 11.5. The van der Waals surface area contributed by atoms with E-state index in [1.54, 1.807) is 6.20 Å². The summed E-state index contributed by atoms with van der Waals surface area (Å²) in [6.07, 6.45) is 4.22. The van der Waals surface area contributed by atoms with Crippen LogP contribution in [0.2, 0.25) is 0 Å². The molecule has 1 aromatic carbocycles. The van der Waals surface area contributed by atoms with Crippen molar-refractivity contribution in [3.63, 3.8) is 0 Å². The van der Waals surface area contributed by atoms with Crippen LogP contribution in [0.4, 0.5) is 0 Å². The lowest BCUT2D eigenvalue weighted by atomic mass is 10.1. The molecule has 0 aliphatic heterocycles. The van der Waals surface area contributed by atoms with Crippen molar-refractivity contribution in [2.45, 2.75) is 20.3 Å². The van der Waals surface area contributed by atoms with Crippen LogP contribution in [0.25, 0.3) is 5.69 Å². The third-order valence-electron chi connectivity index (χ3n) is 2.61. The predicted molar refractivity (Wildman–Crippen MR) is 62.9 cm³/mol. The number of Topliss-reactive ketones (excluding diaryl/α,β-unsaturated/α-hetero) is 1. The number of imidazole rings is 1. The number of aromatic nitrogens is 2. The van der Waals surface area contributed by atoms with Crippen molar-refractivity contribution < 1.29 is 4.79 Å². The Hall–Kier alpha value is -1.90. The minimum Gasteiger partial charge on any atom is -0.304 e. The van der Waals surface area contributed by atoms with Crippen molar-refractivity contribution in [3.05, 3.63) is 48.0 Å². The van der Waals surface area contributed by atoms with Crippen LogP contribution in [0.5, 0.6) is 0 Å². The van der Waals surface area contributed by atoms with Crippen LogP contribution in [0.15, 0.2) is 36.7 Å². The molecule has 3 nitrogen and oxygen atoms in total. The molecule has 16 heavy (non-hydrogen) atoms. The third kappa shape index (κ3) is 1.89. The molecule has 1 aromatic heterocycles. The highest BCUT2D eigenvalue weighted by Crippen LogP contribution is 2.12. The number of carbonyl (C=O) groups is 1. The maximum Gasteiger partial charge on any atom is 0.162 e. The Kier molecular flexibility index (Phi) is 2.86. The first-order valence-electron chi connectivity index (χ1n) is 5.36. The smallest absolute Gasteiger partial charge is 0.162 e. The lowest BCUT2D eigenvalue weighted by Gasteiger charge is -2.05. The summed E-state index contributed by atoms with van der Waals surface area (Å²) in [5.41, 5.74) is 1.80. The van der Waals surface area contributed by atoms with Gasteiger partial charge in [-0.1, -0.05) is 6.92 Å². The highest BCUT2D eigenvalue weighted by molar-refractivity contribution is 5.95. The molecular weight excluding hydrogens is 200 g/mol. The molecule has 0 aliphatic carbocycles. The van der Waals surface area contributed by atoms with Gasteiger partial charge < -0.3 is 4.57 Å². The summed E-state index contributed by atoms with van der Waals surface area (Å²) in [6, 6.07) is 7.61. The molecule has 0 N–H and O–H groups in total. The van der Waals surface area contributed by atoms with Gasteiger partial charge in [-0.25, -0.2) is 4.98 Å². The summed E-state index contributed by atoms with van der Waals surface area (Å²) >= 11 is 0. The van der Waals surface area contributed by atoms with E-state index in [4.69, 9.17) is 0 Å². The van der Waals surface area contributed by atoms with Gasteiger partial charge in [0.05, 0.1) is 0 Å². The van der Waals surface area contributed by atoms with Crippen molar-refractivity contribution >= 4 is 5.78 Å². The molecule has 0 atom stereocenters. The number of nitrogens with zero attached hydrogens (tertiary/aromatic N) is 2. The average Bonchev–Trinajstić information content (AvgIpc) is 2.75. The largest absolute Gasteiger partial charge is 0.304 e. The fourth-order valence-corrected chi connectivity index (χ4v) is 1.66. The van der Waals surface area contributed by atoms with Crippen LogP contribution >= 0.6 is 0 Å². The topological polar surface area (TPSA) is 34.9 Å². The van der Waals surface area contributed by atoms with Gasteiger partial charge >= 0.3 is 0 Å². The van der Waals surface area contributed by atoms with Gasteiger partial charge in [-0.2, -0.15) is 0 Å². The van der Waals surface area contributed by atoms with E-state index in [1.165, 1.54) is 0 Å². The summed E-state index contributed by atoms with van der Waals surface area (Å²) < 4.78 is 1.99. The van der Waals surface area contributed by atoms with Gasteiger partial charge in [-0.05, 0) is 31.2 Å². The van der Waals surface area contributed by atoms with Crippen LogP contribution in [-0.2, 0) is 0 Å². The predicted octanol–water partition coefficient (Wildman–Crippen LogP) is 2.77. The van der Waals surface area contributed by atoms with Crippen molar-refractivity contribution in [1.29, 1.82) is 0 Å². The Morgan fingerprint density at radius 1 is 1.31 bits per heavy atom. The zero-order valence-corrected chi connectivity index (χ0v) is 9.47. The standard InChI is InChI=1S/C13H14N2O/c1-3-13(16)11-4-6-12(7-5-11)15-9-8-14-10(15)2/h4-9H,3H2,1-2H3. The Balaban J connectivity index is 2.33. The van der Waals surface area contributed by atoms with E-state index in [0.717, 1.165) is 17.1 Å². The lowest BCUT2D eigenvalue weighted by Crippen LogP contribution is -1.99. The molecule has 2 rings (SSSR count). The van der Waals surface area contributed by atoms with Crippen LogP contribution in [0.1, 0.15) is 29.5 Å². The molecule has 1 heterocycles. The van der Waals surface area contributed by atoms with E-state index in [1.807, 2.05) is 48.9 Å². The quantitative estimate of drug-likeness (QED) is 0.736. The van der Waals surface area contributed by atoms with E-state index < -0.39 is 0 Å². The van der Waals surface area contributed by atoms with Crippen LogP contribution in [0.3, 0.4) is 0 Å². The monoisotopic (exact) mass is 214 g/mol. The molecule has 0 radical (unpaired) electrons. The van der Waals surface area contributed by atoms with Gasteiger partial charge in [0, 0.05) is 30.1 Å². The van der Waals surface area contributed by atoms with E-state index in [2.05, 4.69) is 4.98 Å². The van der Waals surface area contributed by atoms with Crippen molar-refractivity contribution in [1.82, 2.24) is 9.55 Å². The highest BCUT2D eigenvalue weighted by atomic mass is 16.1. The first-order valence-corrected chi connectivity index (χ1v) is 5.36. The third-order valence-corrected chi connectivity index (χ3v) is 2.61. The van der Waals surface area contributed by atoms with E-state index in [-0.39, 0.29) is 5.78 Å². The number of benzene rings is 1. The molecule has 3 heteroatoms. The summed E-state index contributed by atoms with van der Waals surface area (Å²) in [5.74, 6) is 1.11. The Morgan fingerprint density at radius 2 is 2.00 bits per heavy atom. The van der Waals surface area contributed by atoms with Gasteiger partial charge in [0.1, 0.15) is 5.82 Å². The lowest BCUT2D eigenvalue weighted by molar-refractivity contribution is 0.0988. The molecular formula is C13H14N2O. The molecule has 0 saturated carbocycles. The highest BCUT2D eigenvalue weighted by Gasteiger charge is 2.04. The molecule has 0 saturated heterocycles. The molecule has 0 aliphatic rings. The number of carbonyl (C=O) groups excluding carboxylic acids is 1. The first-order chi connectivity index (χ1) is 7.72. The second-order valence-electron chi connectivity index (χ2n) is 3.67. The van der Waals surface area contributed by atoms with Crippen molar-refractivity contribution in [2.24, 2.45) is 0 Å². The van der Waals surface area contributed by atoms with Crippen LogP contribution in [0, 0.1) is 6.92 Å². The minimum absolute atomic E-state index is 0.175. The van der Waals surface area contributed by atoms with Crippen molar-refractivity contribution in [2.75, 3.05) is 0 Å². The SMILES string of the molecule is CCC(=O)c1ccc(-n2ccnc2C)cc1. The number of aryl methyl sites for hydroxylation is 1. The van der Waals surface area contributed by atoms with Gasteiger partial charge in [0.15, 0.2) is 5.78 Å². The summed E-state index contributed by atoms with van der Waals surface area (Å²) in [5, 5.41) is 0. The summed E-state index contributed by atoms with van der Waals surface area (Å²) in [6.45, 7) is 3.82. The van der Waals surface area contributed by atoms with E-state index >= 15 is 0 Å². The Labute approximate surface area is 94.7 Å².